The monoisotopic (exact) mass is 289 g/mol. The number of hydrogen-bond donors (Lipinski definition) is 2. The van der Waals surface area contributed by atoms with Gasteiger partial charge in [0, 0.05) is 12.3 Å². The highest BCUT2D eigenvalue weighted by molar-refractivity contribution is 7.99. The topological polar surface area (TPSA) is 66.4 Å². The molecule has 0 saturated carbocycles. The first-order valence-corrected chi connectivity index (χ1v) is 6.64. The van der Waals surface area contributed by atoms with Crippen LogP contribution in [0, 0.1) is 11.6 Å². The van der Waals surface area contributed by atoms with Crippen molar-refractivity contribution in [2.24, 2.45) is 0 Å². The molecule has 19 heavy (non-hydrogen) atoms. The molecule has 2 N–H and O–H groups in total. The molecule has 1 aromatic carbocycles. The lowest BCUT2D eigenvalue weighted by atomic mass is 10.1. The van der Waals surface area contributed by atoms with Crippen LogP contribution in [0.2, 0.25) is 0 Å². The van der Waals surface area contributed by atoms with Gasteiger partial charge >= 0.3 is 5.97 Å². The van der Waals surface area contributed by atoms with Crippen LogP contribution in [-0.2, 0) is 16.0 Å². The van der Waals surface area contributed by atoms with E-state index in [9.17, 15) is 18.4 Å². The highest BCUT2D eigenvalue weighted by Crippen LogP contribution is 2.09. The maximum absolute atomic E-state index is 12.9. The van der Waals surface area contributed by atoms with E-state index >= 15 is 0 Å². The van der Waals surface area contributed by atoms with Crippen molar-refractivity contribution >= 4 is 23.6 Å². The Balaban J connectivity index is 2.27. The zero-order chi connectivity index (χ0) is 14.3. The van der Waals surface area contributed by atoms with E-state index in [0.29, 0.717) is 17.9 Å². The van der Waals surface area contributed by atoms with Gasteiger partial charge in [0.25, 0.3) is 0 Å². The van der Waals surface area contributed by atoms with Crippen LogP contribution in [0.5, 0.6) is 0 Å². The van der Waals surface area contributed by atoms with Gasteiger partial charge in [-0.2, -0.15) is 0 Å². The Morgan fingerprint density at radius 3 is 2.63 bits per heavy atom. The van der Waals surface area contributed by atoms with Gasteiger partial charge in [-0.1, -0.05) is 6.07 Å². The van der Waals surface area contributed by atoms with Gasteiger partial charge in [0.1, 0.15) is 0 Å². The summed E-state index contributed by atoms with van der Waals surface area (Å²) in [4.78, 5) is 21.7. The number of aliphatic carboxylic acids is 1. The smallest absolute Gasteiger partial charge is 0.313 e. The van der Waals surface area contributed by atoms with E-state index in [1.807, 2.05) is 0 Å². The summed E-state index contributed by atoms with van der Waals surface area (Å²) in [5, 5.41) is 11.0. The summed E-state index contributed by atoms with van der Waals surface area (Å²) in [7, 11) is 0. The van der Waals surface area contributed by atoms with Crippen LogP contribution >= 0.6 is 11.8 Å². The summed E-state index contributed by atoms with van der Waals surface area (Å²) in [5.74, 6) is -2.69. The third-order valence-electron chi connectivity index (χ3n) is 2.14. The molecule has 0 atom stereocenters. The van der Waals surface area contributed by atoms with Gasteiger partial charge < -0.3 is 10.4 Å². The molecule has 0 aromatic heterocycles. The number of carbonyl (C=O) groups excluding carboxylic acids is 1. The van der Waals surface area contributed by atoms with E-state index in [1.165, 1.54) is 17.8 Å². The molecule has 0 unspecified atom stereocenters. The summed E-state index contributed by atoms with van der Waals surface area (Å²) < 4.78 is 25.6. The normalized spacial score (nSPS) is 10.2. The molecule has 1 aromatic rings. The number of nitrogens with one attached hydrogen (secondary N) is 1. The van der Waals surface area contributed by atoms with Crippen LogP contribution in [0.3, 0.4) is 0 Å². The minimum atomic E-state index is -0.984. The molecule has 0 saturated heterocycles. The number of amides is 1. The molecule has 7 heteroatoms. The maximum atomic E-state index is 12.9. The third kappa shape index (κ3) is 6.19. The molecular weight excluding hydrogens is 276 g/mol. The van der Waals surface area contributed by atoms with Crippen LogP contribution in [0.15, 0.2) is 18.2 Å². The minimum absolute atomic E-state index is 0.0148. The maximum Gasteiger partial charge on any atom is 0.313 e. The van der Waals surface area contributed by atoms with Crippen molar-refractivity contribution in [3.05, 3.63) is 35.4 Å². The molecule has 104 valence electrons. The number of halogens is 2. The molecule has 0 fully saturated rings. The van der Waals surface area contributed by atoms with E-state index in [4.69, 9.17) is 5.11 Å². The van der Waals surface area contributed by atoms with E-state index in [1.54, 1.807) is 0 Å². The molecule has 0 aliphatic carbocycles. The molecule has 0 bridgehead atoms. The lowest BCUT2D eigenvalue weighted by Gasteiger charge is -2.05. The standard InChI is InChI=1S/C12H13F2NO3S/c13-9-2-1-8(5-10(9)14)6-11(16)15-3-4-19-7-12(17)18/h1-2,5H,3-4,6-7H2,(H,15,16)(H,17,18). The van der Waals surface area contributed by atoms with Crippen molar-refractivity contribution in [3.63, 3.8) is 0 Å². The minimum Gasteiger partial charge on any atom is -0.481 e. The van der Waals surface area contributed by atoms with Gasteiger partial charge in [-0.3, -0.25) is 9.59 Å². The number of carbonyl (C=O) groups is 2. The number of hydrogen-bond acceptors (Lipinski definition) is 3. The number of benzene rings is 1. The summed E-state index contributed by atoms with van der Waals surface area (Å²) >= 11 is 1.19. The SMILES string of the molecule is O=C(O)CSCCNC(=O)Cc1ccc(F)c(F)c1. The van der Waals surface area contributed by atoms with Gasteiger partial charge in [-0.25, -0.2) is 8.78 Å². The Morgan fingerprint density at radius 2 is 2.00 bits per heavy atom. The van der Waals surface area contributed by atoms with E-state index < -0.39 is 17.6 Å². The molecule has 0 heterocycles. The lowest BCUT2D eigenvalue weighted by molar-refractivity contribution is -0.133. The fraction of sp³-hybridized carbons (Fsp3) is 0.333. The Kier molecular flexibility index (Phi) is 6.27. The average molecular weight is 289 g/mol. The quantitative estimate of drug-likeness (QED) is 0.745. The average Bonchev–Trinajstić information content (AvgIpc) is 2.33. The van der Waals surface area contributed by atoms with E-state index in [2.05, 4.69) is 5.32 Å². The van der Waals surface area contributed by atoms with Crippen LogP contribution in [0.25, 0.3) is 0 Å². The van der Waals surface area contributed by atoms with Gasteiger partial charge in [-0.05, 0) is 17.7 Å². The number of rotatable bonds is 7. The Morgan fingerprint density at radius 1 is 1.26 bits per heavy atom. The highest BCUT2D eigenvalue weighted by atomic mass is 32.2. The van der Waals surface area contributed by atoms with Crippen LogP contribution in [0.4, 0.5) is 8.78 Å². The summed E-state index contributed by atoms with van der Waals surface area (Å²) in [6, 6.07) is 3.30. The molecule has 1 amide bonds. The van der Waals surface area contributed by atoms with E-state index in [0.717, 1.165) is 12.1 Å². The molecule has 4 nitrogen and oxygen atoms in total. The fourth-order valence-corrected chi connectivity index (χ4v) is 1.88. The molecule has 0 aliphatic heterocycles. The van der Waals surface area contributed by atoms with Crippen molar-refractivity contribution in [1.29, 1.82) is 0 Å². The largest absolute Gasteiger partial charge is 0.481 e. The molecule has 0 aliphatic rings. The highest BCUT2D eigenvalue weighted by Gasteiger charge is 2.07. The summed E-state index contributed by atoms with van der Waals surface area (Å²) in [5.41, 5.74) is 0.384. The van der Waals surface area contributed by atoms with Crippen LogP contribution < -0.4 is 5.32 Å². The Labute approximate surface area is 113 Å². The second kappa shape index (κ2) is 7.73. The fourth-order valence-electron chi connectivity index (χ4n) is 1.32. The third-order valence-corrected chi connectivity index (χ3v) is 3.09. The molecule has 1 rings (SSSR count). The van der Waals surface area contributed by atoms with Gasteiger partial charge in [0.2, 0.25) is 5.91 Å². The van der Waals surface area contributed by atoms with Gasteiger partial charge in [0.15, 0.2) is 11.6 Å². The van der Waals surface area contributed by atoms with Crippen molar-refractivity contribution in [1.82, 2.24) is 5.32 Å². The lowest BCUT2D eigenvalue weighted by Crippen LogP contribution is -2.27. The zero-order valence-corrected chi connectivity index (χ0v) is 10.8. The van der Waals surface area contributed by atoms with Gasteiger partial charge in [-0.15, -0.1) is 11.8 Å². The summed E-state index contributed by atoms with van der Waals surface area (Å²) in [6.45, 7) is 0.334. The van der Waals surface area contributed by atoms with Crippen molar-refractivity contribution in [2.75, 3.05) is 18.1 Å². The molecule has 0 spiro atoms. The number of carboxylic acids is 1. The Bertz CT molecular complexity index is 468. The van der Waals surface area contributed by atoms with Crippen LogP contribution in [-0.4, -0.2) is 35.0 Å². The Hall–Kier alpha value is -1.63. The van der Waals surface area contributed by atoms with E-state index in [-0.39, 0.29) is 18.1 Å². The number of carboxylic acid groups (broad SMARTS) is 1. The van der Waals surface area contributed by atoms with Crippen molar-refractivity contribution < 1.29 is 23.5 Å². The first-order chi connectivity index (χ1) is 8.99. The second-order valence-corrected chi connectivity index (χ2v) is 4.83. The molecule has 0 radical (unpaired) electrons. The first kappa shape index (κ1) is 15.4. The van der Waals surface area contributed by atoms with Crippen LogP contribution in [0.1, 0.15) is 5.56 Å². The van der Waals surface area contributed by atoms with Crippen molar-refractivity contribution in [3.8, 4) is 0 Å². The van der Waals surface area contributed by atoms with Crippen molar-refractivity contribution in [2.45, 2.75) is 6.42 Å². The second-order valence-electron chi connectivity index (χ2n) is 3.72. The first-order valence-electron chi connectivity index (χ1n) is 5.49. The number of thioether (sulfide) groups is 1. The van der Waals surface area contributed by atoms with Gasteiger partial charge in [0.05, 0.1) is 12.2 Å². The predicted octanol–water partition coefficient (Wildman–Crippen LogP) is 1.44. The summed E-state index contributed by atoms with van der Waals surface area (Å²) in [6.07, 6.45) is -0.0409. The molecular formula is C12H13F2NO3S. The zero-order valence-electron chi connectivity index (χ0n) is 9.99. The predicted molar refractivity (Wildman–Crippen MR) is 68.0 cm³/mol.